The van der Waals surface area contributed by atoms with Crippen molar-refractivity contribution in [2.45, 2.75) is 25.4 Å². The summed E-state index contributed by atoms with van der Waals surface area (Å²) < 4.78 is 0. The lowest BCUT2D eigenvalue weighted by atomic mass is 9.82. The summed E-state index contributed by atoms with van der Waals surface area (Å²) in [6, 6.07) is 0. The van der Waals surface area contributed by atoms with E-state index in [1.165, 1.54) is 0 Å². The number of carbonyl (C=O) groups is 1. The van der Waals surface area contributed by atoms with Gasteiger partial charge in [0.2, 0.25) is 0 Å². The molecule has 70 valence electrons. The molecule has 2 aliphatic rings. The first-order valence-corrected chi connectivity index (χ1v) is 4.59. The molecule has 0 saturated carbocycles. The molecule has 3 heteroatoms. The fourth-order valence-corrected chi connectivity index (χ4v) is 2.02. The Morgan fingerprint density at radius 2 is 2.54 bits per heavy atom. The van der Waals surface area contributed by atoms with Crippen molar-refractivity contribution in [2.75, 3.05) is 0 Å². The summed E-state index contributed by atoms with van der Waals surface area (Å²) in [6.07, 6.45) is 6.96. The molecule has 0 spiro atoms. The standard InChI is InChI=1S/C10H13NO2/c1-2-10(13)7-5-3-4-6-8(7)11-9(10)12/h3-4,6-7,13H,2,5H2,1H3,(H,11,12). The minimum absolute atomic E-state index is 0.0602. The fourth-order valence-electron chi connectivity index (χ4n) is 2.02. The maximum Gasteiger partial charge on any atom is 0.256 e. The van der Waals surface area contributed by atoms with Gasteiger partial charge in [-0.2, -0.15) is 0 Å². The van der Waals surface area contributed by atoms with Crippen molar-refractivity contribution >= 4 is 5.91 Å². The molecule has 2 unspecified atom stereocenters. The van der Waals surface area contributed by atoms with Gasteiger partial charge < -0.3 is 10.4 Å². The molecular weight excluding hydrogens is 166 g/mol. The van der Waals surface area contributed by atoms with Gasteiger partial charge in [-0.3, -0.25) is 4.79 Å². The molecule has 2 rings (SSSR count). The van der Waals surface area contributed by atoms with E-state index in [0.717, 1.165) is 12.1 Å². The topological polar surface area (TPSA) is 49.3 Å². The van der Waals surface area contributed by atoms with Crippen LogP contribution in [0.25, 0.3) is 0 Å². The second-order valence-electron chi connectivity index (χ2n) is 3.57. The van der Waals surface area contributed by atoms with Crippen molar-refractivity contribution in [3.63, 3.8) is 0 Å². The Morgan fingerprint density at radius 1 is 1.77 bits per heavy atom. The highest BCUT2D eigenvalue weighted by atomic mass is 16.3. The lowest BCUT2D eigenvalue weighted by Gasteiger charge is -2.25. The van der Waals surface area contributed by atoms with Crippen LogP contribution in [-0.2, 0) is 4.79 Å². The predicted molar refractivity (Wildman–Crippen MR) is 48.7 cm³/mol. The molecule has 0 radical (unpaired) electrons. The Morgan fingerprint density at radius 3 is 3.23 bits per heavy atom. The summed E-state index contributed by atoms with van der Waals surface area (Å²) in [4.78, 5) is 11.5. The van der Waals surface area contributed by atoms with Crippen molar-refractivity contribution in [1.29, 1.82) is 0 Å². The summed E-state index contributed by atoms with van der Waals surface area (Å²) in [6.45, 7) is 1.83. The number of aliphatic hydroxyl groups is 1. The van der Waals surface area contributed by atoms with E-state index >= 15 is 0 Å². The maximum atomic E-state index is 11.5. The van der Waals surface area contributed by atoms with Crippen LogP contribution in [0.15, 0.2) is 23.9 Å². The highest BCUT2D eigenvalue weighted by molar-refractivity contribution is 5.90. The maximum absolute atomic E-state index is 11.5. The van der Waals surface area contributed by atoms with E-state index < -0.39 is 5.60 Å². The van der Waals surface area contributed by atoms with Crippen LogP contribution in [0.3, 0.4) is 0 Å². The molecule has 2 atom stereocenters. The Labute approximate surface area is 77.1 Å². The number of amides is 1. The van der Waals surface area contributed by atoms with Gasteiger partial charge in [0, 0.05) is 11.6 Å². The Kier molecular flexibility index (Phi) is 1.77. The summed E-state index contributed by atoms with van der Waals surface area (Å²) in [5, 5.41) is 12.8. The lowest BCUT2D eigenvalue weighted by Crippen LogP contribution is -2.41. The van der Waals surface area contributed by atoms with E-state index in [9.17, 15) is 9.90 Å². The van der Waals surface area contributed by atoms with Crippen molar-refractivity contribution in [3.05, 3.63) is 23.9 Å². The van der Waals surface area contributed by atoms with E-state index in [1.807, 2.05) is 25.2 Å². The van der Waals surface area contributed by atoms with Gasteiger partial charge in [0.15, 0.2) is 5.60 Å². The van der Waals surface area contributed by atoms with Gasteiger partial charge in [0.05, 0.1) is 0 Å². The molecule has 1 aliphatic carbocycles. The number of allylic oxidation sites excluding steroid dienone is 3. The van der Waals surface area contributed by atoms with Crippen LogP contribution in [0.1, 0.15) is 19.8 Å². The van der Waals surface area contributed by atoms with Crippen LogP contribution in [0, 0.1) is 5.92 Å². The molecule has 1 aliphatic heterocycles. The van der Waals surface area contributed by atoms with Crippen molar-refractivity contribution < 1.29 is 9.90 Å². The van der Waals surface area contributed by atoms with Crippen LogP contribution in [0.4, 0.5) is 0 Å². The third kappa shape index (κ3) is 1.04. The lowest BCUT2D eigenvalue weighted by molar-refractivity contribution is -0.138. The van der Waals surface area contributed by atoms with E-state index in [0.29, 0.717) is 6.42 Å². The van der Waals surface area contributed by atoms with Crippen LogP contribution >= 0.6 is 0 Å². The van der Waals surface area contributed by atoms with Crippen LogP contribution in [0.2, 0.25) is 0 Å². The highest BCUT2D eigenvalue weighted by Gasteiger charge is 2.49. The zero-order valence-electron chi connectivity index (χ0n) is 7.58. The number of hydrogen-bond donors (Lipinski definition) is 2. The summed E-state index contributed by atoms with van der Waals surface area (Å²) in [7, 11) is 0. The molecular formula is C10H13NO2. The molecule has 0 aromatic heterocycles. The average Bonchev–Trinajstić information content (AvgIpc) is 2.41. The van der Waals surface area contributed by atoms with Gasteiger partial charge in [-0.05, 0) is 18.9 Å². The number of nitrogens with one attached hydrogen (secondary N) is 1. The van der Waals surface area contributed by atoms with Gasteiger partial charge in [-0.15, -0.1) is 0 Å². The quantitative estimate of drug-likeness (QED) is 0.623. The van der Waals surface area contributed by atoms with Crippen molar-refractivity contribution in [1.82, 2.24) is 5.32 Å². The minimum atomic E-state index is -1.18. The third-order valence-corrected chi connectivity index (χ3v) is 2.93. The predicted octanol–water partition coefficient (Wildman–Crippen LogP) is 0.717. The zero-order chi connectivity index (χ0) is 9.47. The molecule has 2 N–H and O–H groups in total. The fraction of sp³-hybridized carbons (Fsp3) is 0.500. The minimum Gasteiger partial charge on any atom is -0.379 e. The number of rotatable bonds is 1. The summed E-state index contributed by atoms with van der Waals surface area (Å²) in [5.41, 5.74) is -0.326. The Bertz CT molecular complexity index is 306. The Balaban J connectivity index is 2.37. The first kappa shape index (κ1) is 8.51. The summed E-state index contributed by atoms with van der Waals surface area (Å²) >= 11 is 0. The van der Waals surface area contributed by atoms with Crippen molar-refractivity contribution in [2.24, 2.45) is 5.92 Å². The smallest absolute Gasteiger partial charge is 0.256 e. The highest BCUT2D eigenvalue weighted by Crippen LogP contribution is 2.37. The largest absolute Gasteiger partial charge is 0.379 e. The monoisotopic (exact) mass is 179 g/mol. The second kappa shape index (κ2) is 2.70. The molecule has 1 amide bonds. The van der Waals surface area contributed by atoms with Gasteiger partial charge >= 0.3 is 0 Å². The third-order valence-electron chi connectivity index (χ3n) is 2.93. The first-order chi connectivity index (χ1) is 6.18. The molecule has 0 bridgehead atoms. The molecule has 3 nitrogen and oxygen atoms in total. The van der Waals surface area contributed by atoms with Gasteiger partial charge in [-0.1, -0.05) is 19.1 Å². The molecule has 1 heterocycles. The number of hydrogen-bond acceptors (Lipinski definition) is 2. The second-order valence-corrected chi connectivity index (χ2v) is 3.57. The molecule has 1 fully saturated rings. The van der Waals surface area contributed by atoms with Gasteiger partial charge in [-0.25, -0.2) is 0 Å². The normalized spacial score (nSPS) is 36.9. The first-order valence-electron chi connectivity index (χ1n) is 4.59. The van der Waals surface area contributed by atoms with Crippen LogP contribution in [0.5, 0.6) is 0 Å². The molecule has 13 heavy (non-hydrogen) atoms. The number of fused-ring (bicyclic) bond motifs is 1. The zero-order valence-corrected chi connectivity index (χ0v) is 7.58. The molecule has 0 aromatic rings. The average molecular weight is 179 g/mol. The van der Waals surface area contributed by atoms with Crippen LogP contribution < -0.4 is 5.32 Å². The Hall–Kier alpha value is -1.09. The molecule has 1 saturated heterocycles. The van der Waals surface area contributed by atoms with E-state index in [2.05, 4.69) is 5.32 Å². The van der Waals surface area contributed by atoms with E-state index in [1.54, 1.807) is 0 Å². The molecule has 0 aromatic carbocycles. The van der Waals surface area contributed by atoms with Gasteiger partial charge in [0.25, 0.3) is 5.91 Å². The van der Waals surface area contributed by atoms with Gasteiger partial charge in [0.1, 0.15) is 0 Å². The van der Waals surface area contributed by atoms with Crippen LogP contribution in [-0.4, -0.2) is 16.6 Å². The number of carbonyl (C=O) groups excluding carboxylic acids is 1. The van der Waals surface area contributed by atoms with E-state index in [-0.39, 0.29) is 11.8 Å². The SMILES string of the molecule is CCC1(O)C(=O)NC2=CC=CCC21. The van der Waals surface area contributed by atoms with Crippen molar-refractivity contribution in [3.8, 4) is 0 Å². The summed E-state index contributed by atoms with van der Waals surface area (Å²) in [5.74, 6) is -0.315. The van der Waals surface area contributed by atoms with E-state index in [4.69, 9.17) is 0 Å².